The van der Waals surface area contributed by atoms with E-state index in [-0.39, 0.29) is 12.3 Å². The van der Waals surface area contributed by atoms with Crippen molar-refractivity contribution in [3.05, 3.63) is 11.1 Å². The second-order valence-electron chi connectivity index (χ2n) is 4.97. The summed E-state index contributed by atoms with van der Waals surface area (Å²) in [5.74, 6) is -0.430. The fourth-order valence-electron chi connectivity index (χ4n) is 2.42. The number of hydrogen-bond acceptors (Lipinski definition) is 4. The molecule has 19 heavy (non-hydrogen) atoms. The maximum atomic E-state index is 11.9. The zero-order valence-electron chi connectivity index (χ0n) is 10.7. The Hall–Kier alpha value is -1.43. The number of carbonyl (C=O) groups is 2. The average Bonchev–Trinajstić information content (AvgIpc) is 2.76. The molecule has 6 heteroatoms. The molecule has 5 nitrogen and oxygen atoms in total. The SMILES string of the molecule is O=C(O)Cc1csc(NC(=O)CC2CCCCC2)n1. The molecule has 0 aromatic carbocycles. The number of aromatic nitrogens is 1. The van der Waals surface area contributed by atoms with Crippen molar-refractivity contribution in [2.75, 3.05) is 5.32 Å². The Bertz CT molecular complexity index is 452. The van der Waals surface area contributed by atoms with Crippen molar-refractivity contribution >= 4 is 28.3 Å². The van der Waals surface area contributed by atoms with E-state index >= 15 is 0 Å². The van der Waals surface area contributed by atoms with E-state index in [9.17, 15) is 9.59 Å². The molecule has 1 aliphatic carbocycles. The second kappa shape index (κ2) is 6.65. The Balaban J connectivity index is 1.81. The molecule has 0 aliphatic heterocycles. The number of hydrogen-bond donors (Lipinski definition) is 2. The van der Waals surface area contributed by atoms with E-state index in [0.717, 1.165) is 12.8 Å². The van der Waals surface area contributed by atoms with Crippen LogP contribution in [-0.2, 0) is 16.0 Å². The van der Waals surface area contributed by atoms with Gasteiger partial charge in [0.05, 0.1) is 12.1 Å². The molecule has 1 aromatic heterocycles. The van der Waals surface area contributed by atoms with Crippen molar-refractivity contribution in [3.63, 3.8) is 0 Å². The summed E-state index contributed by atoms with van der Waals surface area (Å²) < 4.78 is 0. The maximum absolute atomic E-state index is 11.9. The van der Waals surface area contributed by atoms with Gasteiger partial charge in [0.25, 0.3) is 0 Å². The van der Waals surface area contributed by atoms with Gasteiger partial charge in [0.1, 0.15) is 0 Å². The van der Waals surface area contributed by atoms with Gasteiger partial charge in [-0.05, 0) is 18.8 Å². The number of thiazole rings is 1. The predicted octanol–water partition coefficient (Wildman–Crippen LogP) is 2.68. The largest absolute Gasteiger partial charge is 0.481 e. The lowest BCUT2D eigenvalue weighted by atomic mass is 9.87. The predicted molar refractivity (Wildman–Crippen MR) is 73.3 cm³/mol. The van der Waals surface area contributed by atoms with Gasteiger partial charge in [-0.2, -0.15) is 0 Å². The number of carboxylic acids is 1. The maximum Gasteiger partial charge on any atom is 0.309 e. The van der Waals surface area contributed by atoms with E-state index in [1.165, 1.54) is 30.6 Å². The van der Waals surface area contributed by atoms with Crippen LogP contribution in [0.2, 0.25) is 0 Å². The first-order chi connectivity index (χ1) is 9.13. The Morgan fingerprint density at radius 1 is 1.37 bits per heavy atom. The van der Waals surface area contributed by atoms with Crippen LogP contribution in [0.3, 0.4) is 0 Å². The lowest BCUT2D eigenvalue weighted by Gasteiger charge is -2.20. The smallest absolute Gasteiger partial charge is 0.309 e. The zero-order valence-corrected chi connectivity index (χ0v) is 11.5. The van der Waals surface area contributed by atoms with Gasteiger partial charge in [0, 0.05) is 11.8 Å². The summed E-state index contributed by atoms with van der Waals surface area (Å²) in [6.07, 6.45) is 6.44. The number of anilines is 1. The van der Waals surface area contributed by atoms with Crippen molar-refractivity contribution in [1.82, 2.24) is 4.98 Å². The van der Waals surface area contributed by atoms with Gasteiger partial charge < -0.3 is 10.4 Å². The van der Waals surface area contributed by atoms with E-state index < -0.39 is 5.97 Å². The molecular weight excluding hydrogens is 264 g/mol. The molecular formula is C13H18N2O3S. The van der Waals surface area contributed by atoms with E-state index in [0.29, 0.717) is 23.2 Å². The summed E-state index contributed by atoms with van der Waals surface area (Å²) in [4.78, 5) is 26.5. The van der Waals surface area contributed by atoms with Crippen LogP contribution in [0.4, 0.5) is 5.13 Å². The molecule has 1 aliphatic rings. The fourth-order valence-corrected chi connectivity index (χ4v) is 3.15. The third-order valence-electron chi connectivity index (χ3n) is 3.33. The first kappa shape index (κ1) is 14.0. The topological polar surface area (TPSA) is 79.3 Å². The van der Waals surface area contributed by atoms with Crippen LogP contribution >= 0.6 is 11.3 Å². The number of carboxylic acid groups (broad SMARTS) is 1. The van der Waals surface area contributed by atoms with Crippen LogP contribution in [0.25, 0.3) is 0 Å². The highest BCUT2D eigenvalue weighted by atomic mass is 32.1. The number of rotatable bonds is 5. The number of nitrogens with one attached hydrogen (secondary N) is 1. The lowest BCUT2D eigenvalue weighted by molar-refractivity contribution is -0.136. The van der Waals surface area contributed by atoms with Crippen molar-refractivity contribution in [3.8, 4) is 0 Å². The molecule has 0 radical (unpaired) electrons. The Morgan fingerprint density at radius 3 is 2.79 bits per heavy atom. The van der Waals surface area contributed by atoms with Crippen LogP contribution < -0.4 is 5.32 Å². The van der Waals surface area contributed by atoms with Gasteiger partial charge in [0.2, 0.25) is 5.91 Å². The summed E-state index contributed by atoms with van der Waals surface area (Å²) in [5, 5.41) is 13.6. The number of nitrogens with zero attached hydrogens (tertiary/aromatic N) is 1. The fraction of sp³-hybridized carbons (Fsp3) is 0.615. The van der Waals surface area contributed by atoms with Crippen LogP contribution in [-0.4, -0.2) is 22.0 Å². The number of carbonyl (C=O) groups excluding carboxylic acids is 1. The molecule has 0 spiro atoms. The third kappa shape index (κ3) is 4.63. The quantitative estimate of drug-likeness (QED) is 0.870. The van der Waals surface area contributed by atoms with Crippen LogP contribution in [0, 0.1) is 5.92 Å². The summed E-state index contributed by atoms with van der Waals surface area (Å²) in [5.41, 5.74) is 0.491. The molecule has 0 bridgehead atoms. The molecule has 0 saturated heterocycles. The second-order valence-corrected chi connectivity index (χ2v) is 5.83. The molecule has 1 saturated carbocycles. The zero-order chi connectivity index (χ0) is 13.7. The van der Waals surface area contributed by atoms with Gasteiger partial charge in [-0.1, -0.05) is 19.3 Å². The van der Waals surface area contributed by atoms with Gasteiger partial charge >= 0.3 is 5.97 Å². The monoisotopic (exact) mass is 282 g/mol. The Kier molecular flexibility index (Phi) is 4.90. The Morgan fingerprint density at radius 2 is 2.11 bits per heavy atom. The van der Waals surface area contributed by atoms with Gasteiger partial charge in [-0.3, -0.25) is 9.59 Å². The highest BCUT2D eigenvalue weighted by Gasteiger charge is 2.17. The van der Waals surface area contributed by atoms with Crippen molar-refractivity contribution in [2.24, 2.45) is 5.92 Å². The first-order valence-electron chi connectivity index (χ1n) is 6.59. The highest BCUT2D eigenvalue weighted by Crippen LogP contribution is 2.26. The van der Waals surface area contributed by atoms with Gasteiger partial charge in [-0.25, -0.2) is 4.98 Å². The molecule has 2 rings (SSSR count). The minimum atomic E-state index is -0.912. The van der Waals surface area contributed by atoms with Crippen molar-refractivity contribution < 1.29 is 14.7 Å². The van der Waals surface area contributed by atoms with Crippen molar-refractivity contribution in [1.29, 1.82) is 0 Å². The molecule has 1 amide bonds. The van der Waals surface area contributed by atoms with E-state index in [2.05, 4.69) is 10.3 Å². The first-order valence-corrected chi connectivity index (χ1v) is 7.47. The highest BCUT2D eigenvalue weighted by molar-refractivity contribution is 7.13. The number of aliphatic carboxylic acids is 1. The molecule has 104 valence electrons. The summed E-state index contributed by atoms with van der Waals surface area (Å²) in [6, 6.07) is 0. The lowest BCUT2D eigenvalue weighted by Crippen LogP contribution is -2.18. The number of amides is 1. The van der Waals surface area contributed by atoms with Crippen LogP contribution in [0.5, 0.6) is 0 Å². The van der Waals surface area contributed by atoms with Gasteiger partial charge in [0.15, 0.2) is 5.13 Å². The standard InChI is InChI=1S/C13H18N2O3S/c16-11(6-9-4-2-1-3-5-9)15-13-14-10(8-19-13)7-12(17)18/h8-9H,1-7H2,(H,17,18)(H,14,15,16). The normalized spacial score (nSPS) is 16.2. The summed E-state index contributed by atoms with van der Waals surface area (Å²) in [7, 11) is 0. The van der Waals surface area contributed by atoms with Gasteiger partial charge in [-0.15, -0.1) is 11.3 Å². The average molecular weight is 282 g/mol. The summed E-state index contributed by atoms with van der Waals surface area (Å²) >= 11 is 1.28. The molecule has 1 heterocycles. The van der Waals surface area contributed by atoms with E-state index in [1.54, 1.807) is 5.38 Å². The molecule has 1 aromatic rings. The van der Waals surface area contributed by atoms with Crippen molar-refractivity contribution in [2.45, 2.75) is 44.9 Å². The van der Waals surface area contributed by atoms with Crippen LogP contribution in [0.1, 0.15) is 44.2 Å². The molecule has 2 N–H and O–H groups in total. The van der Waals surface area contributed by atoms with E-state index in [1.807, 2.05) is 0 Å². The van der Waals surface area contributed by atoms with Crippen LogP contribution in [0.15, 0.2) is 5.38 Å². The summed E-state index contributed by atoms with van der Waals surface area (Å²) in [6.45, 7) is 0. The minimum absolute atomic E-state index is 0.0110. The molecule has 1 fully saturated rings. The Labute approximate surface area is 116 Å². The van der Waals surface area contributed by atoms with E-state index in [4.69, 9.17) is 5.11 Å². The minimum Gasteiger partial charge on any atom is -0.481 e. The molecule has 0 atom stereocenters. The third-order valence-corrected chi connectivity index (χ3v) is 4.14. The molecule has 0 unspecified atom stereocenters.